The van der Waals surface area contributed by atoms with Crippen LogP contribution in [0.25, 0.3) is 0 Å². The number of carbonyl (C=O) groups is 2. The predicted octanol–water partition coefficient (Wildman–Crippen LogP) is 5.08. The number of rotatable bonds is 7. The number of thioether (sulfide) groups is 1. The van der Waals surface area contributed by atoms with Crippen LogP contribution < -0.4 is 10.6 Å². The van der Waals surface area contributed by atoms with Gasteiger partial charge in [-0.05, 0) is 41.2 Å². The lowest BCUT2D eigenvalue weighted by Crippen LogP contribution is -2.31. The van der Waals surface area contributed by atoms with Gasteiger partial charge in [-0.15, -0.1) is 0 Å². The molecule has 6 heteroatoms. The van der Waals surface area contributed by atoms with Gasteiger partial charge < -0.3 is 10.6 Å². The van der Waals surface area contributed by atoms with Gasteiger partial charge in [0.15, 0.2) is 0 Å². The Bertz CT molecular complexity index is 1020. The van der Waals surface area contributed by atoms with E-state index in [1.807, 2.05) is 48.5 Å². The van der Waals surface area contributed by atoms with Crippen LogP contribution in [0.4, 0.5) is 5.69 Å². The molecule has 1 atom stereocenters. The molecule has 0 saturated carbocycles. The molecule has 2 amide bonds. The van der Waals surface area contributed by atoms with Gasteiger partial charge in [-0.2, -0.15) is 5.26 Å². The fourth-order valence-electron chi connectivity index (χ4n) is 3.49. The molecule has 0 spiro atoms. The number of anilines is 1. The van der Waals surface area contributed by atoms with E-state index in [1.54, 1.807) is 0 Å². The molecule has 1 aliphatic heterocycles. The normalized spacial score (nSPS) is 16.1. The number of hydrogen-bond donors (Lipinski definition) is 2. The van der Waals surface area contributed by atoms with Gasteiger partial charge in [-0.1, -0.05) is 68.9 Å². The molecule has 0 saturated heterocycles. The number of nitrogens with one attached hydrogen (secondary N) is 2. The first kappa shape index (κ1) is 22.6. The average molecular weight is 434 g/mol. The molecule has 0 fully saturated rings. The molecule has 0 radical (unpaired) electrons. The quantitative estimate of drug-likeness (QED) is 0.638. The molecule has 1 aliphatic rings. The van der Waals surface area contributed by atoms with Crippen molar-refractivity contribution in [2.24, 2.45) is 0 Å². The van der Waals surface area contributed by atoms with Gasteiger partial charge in [0.2, 0.25) is 11.8 Å². The number of nitrogens with zero attached hydrogens (tertiary/aromatic N) is 1. The maximum atomic E-state index is 12.4. The summed E-state index contributed by atoms with van der Waals surface area (Å²) in [5, 5.41) is 15.9. The minimum absolute atomic E-state index is 0.106. The lowest BCUT2D eigenvalue weighted by molar-refractivity contribution is -0.121. The van der Waals surface area contributed by atoms with Crippen LogP contribution in [0.3, 0.4) is 0 Å². The molecule has 5 nitrogen and oxygen atoms in total. The second-order valence-corrected chi connectivity index (χ2v) is 8.85. The Balaban J connectivity index is 1.72. The molecule has 0 aromatic heterocycles. The fraction of sp³-hybridized carbons (Fsp3) is 0.320. The molecule has 1 heterocycles. The summed E-state index contributed by atoms with van der Waals surface area (Å²) in [5.74, 6) is -0.105. The third-order valence-corrected chi connectivity index (χ3v) is 6.37. The number of nitriles is 1. The van der Waals surface area contributed by atoms with E-state index in [-0.39, 0.29) is 29.9 Å². The van der Waals surface area contributed by atoms with Gasteiger partial charge in [-0.3, -0.25) is 9.59 Å². The highest BCUT2D eigenvalue weighted by Gasteiger charge is 2.29. The second kappa shape index (κ2) is 10.3. The summed E-state index contributed by atoms with van der Waals surface area (Å²) in [5.41, 5.74) is 4.59. The first-order chi connectivity index (χ1) is 14.9. The van der Waals surface area contributed by atoms with Crippen molar-refractivity contribution >= 4 is 29.3 Å². The van der Waals surface area contributed by atoms with E-state index in [4.69, 9.17) is 0 Å². The SMILES string of the molecule is CCc1ccc(NC(=O)CSC2=C(C#N)[C@@H](c3ccc(C(C)C)cc3)CC(=O)N2)cc1. The van der Waals surface area contributed by atoms with Gasteiger partial charge in [0.1, 0.15) is 0 Å². The summed E-state index contributed by atoms with van der Waals surface area (Å²) < 4.78 is 0. The zero-order chi connectivity index (χ0) is 22.4. The number of amides is 2. The van der Waals surface area contributed by atoms with E-state index >= 15 is 0 Å². The van der Waals surface area contributed by atoms with Crippen LogP contribution in [0.15, 0.2) is 59.1 Å². The molecule has 31 heavy (non-hydrogen) atoms. The monoisotopic (exact) mass is 433 g/mol. The van der Waals surface area contributed by atoms with Crippen LogP contribution in [0.1, 0.15) is 55.7 Å². The van der Waals surface area contributed by atoms with E-state index in [2.05, 4.69) is 37.5 Å². The van der Waals surface area contributed by atoms with E-state index in [1.165, 1.54) is 22.9 Å². The van der Waals surface area contributed by atoms with Crippen LogP contribution in [-0.2, 0) is 16.0 Å². The zero-order valence-electron chi connectivity index (χ0n) is 18.1. The zero-order valence-corrected chi connectivity index (χ0v) is 18.9. The van der Waals surface area contributed by atoms with E-state index in [9.17, 15) is 14.9 Å². The summed E-state index contributed by atoms with van der Waals surface area (Å²) >= 11 is 1.19. The van der Waals surface area contributed by atoms with Crippen molar-refractivity contribution in [2.75, 3.05) is 11.1 Å². The Morgan fingerprint density at radius 1 is 1.19 bits per heavy atom. The van der Waals surface area contributed by atoms with E-state index in [0.717, 1.165) is 17.7 Å². The lowest BCUT2D eigenvalue weighted by Gasteiger charge is -2.25. The number of benzene rings is 2. The van der Waals surface area contributed by atoms with Crippen molar-refractivity contribution in [3.8, 4) is 6.07 Å². The topological polar surface area (TPSA) is 82.0 Å². The van der Waals surface area contributed by atoms with Crippen molar-refractivity contribution in [1.29, 1.82) is 5.26 Å². The average Bonchev–Trinajstić information content (AvgIpc) is 2.78. The van der Waals surface area contributed by atoms with Crippen molar-refractivity contribution in [2.45, 2.75) is 45.4 Å². The molecular formula is C25H27N3O2S. The fourth-order valence-corrected chi connectivity index (χ4v) is 4.37. The van der Waals surface area contributed by atoms with Crippen LogP contribution in [0.2, 0.25) is 0 Å². The molecular weight excluding hydrogens is 406 g/mol. The number of carbonyl (C=O) groups excluding carboxylic acids is 2. The molecule has 0 unspecified atom stereocenters. The van der Waals surface area contributed by atoms with Crippen LogP contribution in [-0.4, -0.2) is 17.6 Å². The maximum Gasteiger partial charge on any atom is 0.234 e. The predicted molar refractivity (Wildman–Crippen MR) is 126 cm³/mol. The van der Waals surface area contributed by atoms with Crippen molar-refractivity contribution in [3.05, 3.63) is 75.8 Å². The molecule has 2 N–H and O–H groups in total. The largest absolute Gasteiger partial charge is 0.325 e. The molecule has 0 bridgehead atoms. The van der Waals surface area contributed by atoms with Gasteiger partial charge in [0.25, 0.3) is 0 Å². The second-order valence-electron chi connectivity index (χ2n) is 7.87. The number of aryl methyl sites for hydroxylation is 1. The Labute approximate surface area is 187 Å². The third-order valence-electron chi connectivity index (χ3n) is 5.36. The van der Waals surface area contributed by atoms with Crippen molar-refractivity contribution in [1.82, 2.24) is 5.32 Å². The highest BCUT2D eigenvalue weighted by Crippen LogP contribution is 2.36. The minimum Gasteiger partial charge on any atom is -0.325 e. The minimum atomic E-state index is -0.299. The van der Waals surface area contributed by atoms with Gasteiger partial charge in [0, 0.05) is 18.0 Å². The van der Waals surface area contributed by atoms with Crippen LogP contribution in [0, 0.1) is 11.3 Å². The van der Waals surface area contributed by atoms with E-state index < -0.39 is 0 Å². The summed E-state index contributed by atoms with van der Waals surface area (Å²) in [6.07, 6.45) is 1.17. The summed E-state index contributed by atoms with van der Waals surface area (Å²) in [4.78, 5) is 24.7. The summed E-state index contributed by atoms with van der Waals surface area (Å²) in [6, 6.07) is 18.0. The Kier molecular flexibility index (Phi) is 7.54. The van der Waals surface area contributed by atoms with Gasteiger partial charge >= 0.3 is 0 Å². The standard InChI is InChI=1S/C25H27N3O2S/c1-4-17-5-11-20(12-6-17)27-24(30)15-31-25-22(14-26)21(13-23(29)28-25)19-9-7-18(8-10-19)16(2)3/h5-12,16,21H,4,13,15H2,1-3H3,(H,27,30)(H,28,29)/t21-/m1/s1. The Hall–Kier alpha value is -3.04. The Morgan fingerprint density at radius 3 is 2.45 bits per heavy atom. The lowest BCUT2D eigenvalue weighted by atomic mass is 9.86. The van der Waals surface area contributed by atoms with E-state index in [0.29, 0.717) is 16.5 Å². The third kappa shape index (κ3) is 5.77. The maximum absolute atomic E-state index is 12.4. The molecule has 2 aromatic rings. The van der Waals surface area contributed by atoms with Crippen molar-refractivity contribution in [3.63, 3.8) is 0 Å². The van der Waals surface area contributed by atoms with Gasteiger partial charge in [0.05, 0.1) is 22.4 Å². The highest BCUT2D eigenvalue weighted by atomic mass is 32.2. The van der Waals surface area contributed by atoms with Gasteiger partial charge in [-0.25, -0.2) is 0 Å². The first-order valence-corrected chi connectivity index (χ1v) is 11.4. The summed E-state index contributed by atoms with van der Waals surface area (Å²) in [6.45, 7) is 6.33. The summed E-state index contributed by atoms with van der Waals surface area (Å²) in [7, 11) is 0. The number of allylic oxidation sites excluding steroid dienone is 1. The smallest absolute Gasteiger partial charge is 0.234 e. The first-order valence-electron chi connectivity index (χ1n) is 10.5. The molecule has 160 valence electrons. The molecule has 3 rings (SSSR count). The molecule has 2 aromatic carbocycles. The number of hydrogen-bond acceptors (Lipinski definition) is 4. The van der Waals surface area contributed by atoms with Crippen molar-refractivity contribution < 1.29 is 9.59 Å². The Morgan fingerprint density at radius 2 is 1.87 bits per heavy atom. The van der Waals surface area contributed by atoms with Crippen LogP contribution >= 0.6 is 11.8 Å². The highest BCUT2D eigenvalue weighted by molar-refractivity contribution is 8.03. The van der Waals surface area contributed by atoms with Crippen LogP contribution in [0.5, 0.6) is 0 Å². The molecule has 0 aliphatic carbocycles.